The van der Waals surface area contributed by atoms with Crippen molar-refractivity contribution in [2.45, 2.75) is 26.3 Å². The number of aromatic nitrogens is 2. The lowest BCUT2D eigenvalue weighted by molar-refractivity contribution is -0.120. The fourth-order valence-corrected chi connectivity index (χ4v) is 3.64. The third-order valence-electron chi connectivity index (χ3n) is 5.40. The number of H-pyrrole nitrogens is 1. The largest absolute Gasteiger partial charge is 0.483 e. The Labute approximate surface area is 197 Å². The van der Waals surface area contributed by atoms with Crippen molar-refractivity contribution in [3.63, 3.8) is 0 Å². The Bertz CT molecular complexity index is 1220. The molecule has 3 aromatic rings. The third-order valence-corrected chi connectivity index (χ3v) is 5.40. The van der Waals surface area contributed by atoms with E-state index in [0.29, 0.717) is 18.8 Å². The molecule has 1 aromatic heterocycles. The van der Waals surface area contributed by atoms with Crippen LogP contribution in [0.4, 0.5) is 11.5 Å². The summed E-state index contributed by atoms with van der Waals surface area (Å²) in [7, 11) is 1.55. The van der Waals surface area contributed by atoms with Crippen molar-refractivity contribution in [3.8, 4) is 5.75 Å². The van der Waals surface area contributed by atoms with E-state index in [0.717, 1.165) is 17.5 Å². The number of amides is 1. The predicted octanol–water partition coefficient (Wildman–Crippen LogP) is 2.18. The van der Waals surface area contributed by atoms with Crippen LogP contribution in [0, 0.1) is 0 Å². The van der Waals surface area contributed by atoms with Gasteiger partial charge in [0, 0.05) is 20.3 Å². The molecular weight excluding hydrogens is 436 g/mol. The quantitative estimate of drug-likeness (QED) is 0.418. The molecule has 0 saturated heterocycles. The van der Waals surface area contributed by atoms with E-state index in [1.807, 2.05) is 55.5 Å². The van der Waals surface area contributed by atoms with Gasteiger partial charge >= 0.3 is 5.69 Å². The van der Waals surface area contributed by atoms with Crippen molar-refractivity contribution in [1.82, 2.24) is 9.55 Å². The highest BCUT2D eigenvalue weighted by Crippen LogP contribution is 2.21. The SMILES string of the molecule is CCc1ccccc1OCC(=O)N(CCCOC)c1c(N)n(Cc2ccccc2)c(=O)[nH]c1=O. The van der Waals surface area contributed by atoms with E-state index in [1.165, 1.54) is 9.47 Å². The van der Waals surface area contributed by atoms with Gasteiger partial charge < -0.3 is 20.1 Å². The molecule has 0 radical (unpaired) electrons. The number of aryl methyl sites for hydroxylation is 1. The summed E-state index contributed by atoms with van der Waals surface area (Å²) in [5.74, 6) is 0.0626. The second kappa shape index (κ2) is 11.9. The highest BCUT2D eigenvalue weighted by atomic mass is 16.5. The average molecular weight is 467 g/mol. The lowest BCUT2D eigenvalue weighted by Crippen LogP contribution is -2.43. The maximum atomic E-state index is 13.2. The zero-order chi connectivity index (χ0) is 24.5. The van der Waals surface area contributed by atoms with E-state index in [-0.39, 0.29) is 31.2 Å². The number of nitrogens with two attached hydrogens (primary N) is 1. The molecule has 0 bridgehead atoms. The molecule has 0 aliphatic heterocycles. The molecule has 9 nitrogen and oxygen atoms in total. The minimum absolute atomic E-state index is 0.0796. The molecular formula is C25H30N4O5. The first-order chi connectivity index (χ1) is 16.5. The number of benzene rings is 2. The summed E-state index contributed by atoms with van der Waals surface area (Å²) < 4.78 is 12.1. The van der Waals surface area contributed by atoms with Gasteiger partial charge in [-0.3, -0.25) is 19.1 Å². The molecule has 0 atom stereocenters. The lowest BCUT2D eigenvalue weighted by Gasteiger charge is -2.25. The number of aromatic amines is 1. The monoisotopic (exact) mass is 466 g/mol. The Hall–Kier alpha value is -3.85. The number of hydrogen-bond acceptors (Lipinski definition) is 6. The van der Waals surface area contributed by atoms with Crippen LogP contribution >= 0.6 is 0 Å². The van der Waals surface area contributed by atoms with Crippen molar-refractivity contribution >= 4 is 17.4 Å². The van der Waals surface area contributed by atoms with E-state index in [1.54, 1.807) is 13.2 Å². The number of anilines is 2. The molecule has 0 aliphatic rings. The maximum absolute atomic E-state index is 13.2. The van der Waals surface area contributed by atoms with Gasteiger partial charge in [-0.1, -0.05) is 55.5 Å². The van der Waals surface area contributed by atoms with Crippen LogP contribution in [0.5, 0.6) is 5.75 Å². The Morgan fingerprint density at radius 3 is 2.50 bits per heavy atom. The summed E-state index contributed by atoms with van der Waals surface area (Å²) in [6.07, 6.45) is 1.21. The Balaban J connectivity index is 1.94. The van der Waals surface area contributed by atoms with Crippen LogP contribution in [-0.4, -0.2) is 42.3 Å². The van der Waals surface area contributed by atoms with Crippen molar-refractivity contribution in [2.75, 3.05) is 37.5 Å². The van der Waals surface area contributed by atoms with Crippen molar-refractivity contribution < 1.29 is 14.3 Å². The summed E-state index contributed by atoms with van der Waals surface area (Å²) in [6.45, 7) is 2.40. The fraction of sp³-hybridized carbons (Fsp3) is 0.320. The van der Waals surface area contributed by atoms with Crippen molar-refractivity contribution in [2.24, 2.45) is 0 Å². The van der Waals surface area contributed by atoms with Crippen LogP contribution in [-0.2, 0) is 22.5 Å². The number of carbonyl (C=O) groups is 1. The average Bonchev–Trinajstić information content (AvgIpc) is 2.85. The van der Waals surface area contributed by atoms with Gasteiger partial charge in [-0.2, -0.15) is 0 Å². The normalized spacial score (nSPS) is 10.8. The van der Waals surface area contributed by atoms with E-state index in [9.17, 15) is 14.4 Å². The molecule has 2 aromatic carbocycles. The summed E-state index contributed by atoms with van der Waals surface area (Å²) >= 11 is 0. The van der Waals surface area contributed by atoms with Gasteiger partial charge in [0.2, 0.25) is 0 Å². The standard InChI is InChI=1S/C25H30N4O5/c1-3-19-12-7-8-13-20(19)34-17-21(30)28(14-9-15-33-2)22-23(26)29(25(32)27-24(22)31)16-18-10-5-4-6-11-18/h4-8,10-13H,3,9,14-17,26H2,1-2H3,(H,27,31,32). The highest BCUT2D eigenvalue weighted by Gasteiger charge is 2.24. The van der Waals surface area contributed by atoms with Gasteiger partial charge in [0.25, 0.3) is 11.5 Å². The van der Waals surface area contributed by atoms with Gasteiger partial charge in [-0.25, -0.2) is 4.79 Å². The smallest absolute Gasteiger partial charge is 0.330 e. The van der Waals surface area contributed by atoms with E-state index in [4.69, 9.17) is 15.2 Å². The summed E-state index contributed by atoms with van der Waals surface area (Å²) in [5, 5.41) is 0. The van der Waals surface area contributed by atoms with E-state index < -0.39 is 17.2 Å². The molecule has 180 valence electrons. The molecule has 34 heavy (non-hydrogen) atoms. The molecule has 0 aliphatic carbocycles. The highest BCUT2D eigenvalue weighted by molar-refractivity contribution is 5.96. The molecule has 1 amide bonds. The van der Waals surface area contributed by atoms with Gasteiger partial charge in [-0.15, -0.1) is 0 Å². The summed E-state index contributed by atoms with van der Waals surface area (Å²) in [6, 6.07) is 16.7. The number of nitrogens with one attached hydrogen (secondary N) is 1. The van der Waals surface area contributed by atoms with Crippen LogP contribution in [0.1, 0.15) is 24.5 Å². The second-order valence-electron chi connectivity index (χ2n) is 7.71. The van der Waals surface area contributed by atoms with E-state index in [2.05, 4.69) is 4.98 Å². The van der Waals surface area contributed by atoms with Crippen LogP contribution in [0.15, 0.2) is 64.2 Å². The molecule has 1 heterocycles. The fourth-order valence-electron chi connectivity index (χ4n) is 3.64. The van der Waals surface area contributed by atoms with Crippen LogP contribution < -0.4 is 26.6 Å². The minimum Gasteiger partial charge on any atom is -0.483 e. The molecule has 3 rings (SSSR count). The topological polar surface area (TPSA) is 120 Å². The van der Waals surface area contributed by atoms with Gasteiger partial charge in [0.15, 0.2) is 12.3 Å². The maximum Gasteiger partial charge on any atom is 0.330 e. The number of methoxy groups -OCH3 is 1. The van der Waals surface area contributed by atoms with Gasteiger partial charge in [0.1, 0.15) is 11.6 Å². The third kappa shape index (κ3) is 5.93. The Morgan fingerprint density at radius 1 is 1.09 bits per heavy atom. The number of nitrogens with zero attached hydrogens (tertiary/aromatic N) is 2. The summed E-state index contributed by atoms with van der Waals surface area (Å²) in [4.78, 5) is 42.1. The number of ether oxygens (including phenoxy) is 2. The number of rotatable bonds is 11. The Morgan fingerprint density at radius 2 is 1.79 bits per heavy atom. The second-order valence-corrected chi connectivity index (χ2v) is 7.71. The number of nitrogen functional groups attached to an aromatic ring is 1. The zero-order valence-electron chi connectivity index (χ0n) is 19.5. The van der Waals surface area contributed by atoms with Gasteiger partial charge in [-0.05, 0) is 30.0 Å². The van der Waals surface area contributed by atoms with Gasteiger partial charge in [0.05, 0.1) is 6.54 Å². The van der Waals surface area contributed by atoms with Crippen molar-refractivity contribution in [3.05, 3.63) is 86.6 Å². The lowest BCUT2D eigenvalue weighted by atomic mass is 10.1. The first-order valence-electron chi connectivity index (χ1n) is 11.1. The number of para-hydroxylation sites is 1. The molecule has 0 saturated carbocycles. The number of hydrogen-bond donors (Lipinski definition) is 2. The predicted molar refractivity (Wildman–Crippen MR) is 131 cm³/mol. The number of carbonyl (C=O) groups excluding carboxylic acids is 1. The first-order valence-corrected chi connectivity index (χ1v) is 11.1. The summed E-state index contributed by atoms with van der Waals surface area (Å²) in [5.41, 5.74) is 6.64. The van der Waals surface area contributed by atoms with Crippen LogP contribution in [0.25, 0.3) is 0 Å². The molecule has 0 fully saturated rings. The van der Waals surface area contributed by atoms with Crippen molar-refractivity contribution in [1.29, 1.82) is 0 Å². The Kier molecular flexibility index (Phi) is 8.64. The van der Waals surface area contributed by atoms with Crippen LogP contribution in [0.2, 0.25) is 0 Å². The minimum atomic E-state index is -0.730. The molecule has 0 unspecified atom stereocenters. The molecule has 0 spiro atoms. The van der Waals surface area contributed by atoms with Crippen LogP contribution in [0.3, 0.4) is 0 Å². The van der Waals surface area contributed by atoms with E-state index >= 15 is 0 Å². The zero-order valence-corrected chi connectivity index (χ0v) is 19.5. The first kappa shape index (κ1) is 24.8. The molecule has 3 N–H and O–H groups in total. The molecule has 9 heteroatoms.